The summed E-state index contributed by atoms with van der Waals surface area (Å²) >= 11 is 0. The maximum Gasteiger partial charge on any atom is 1.00 e. The Labute approximate surface area is 532 Å². The fourth-order valence-electron chi connectivity index (χ4n) is 5.23. The van der Waals surface area contributed by atoms with Gasteiger partial charge in [0, 0.05) is 5.39 Å². The molecule has 0 aliphatic rings. The van der Waals surface area contributed by atoms with Gasteiger partial charge in [-0.2, -0.15) is 0 Å². The van der Waals surface area contributed by atoms with Gasteiger partial charge in [0.15, 0.2) is 0 Å². The van der Waals surface area contributed by atoms with Crippen molar-refractivity contribution in [1.29, 1.82) is 0 Å². The van der Waals surface area contributed by atoms with Gasteiger partial charge in [0.2, 0.25) is 0 Å². The molecule has 0 spiro atoms. The van der Waals surface area contributed by atoms with Crippen molar-refractivity contribution in [3.05, 3.63) is 84.9 Å². The molecule has 3 N–H and O–H groups in total. The molecule has 0 aliphatic carbocycles. The third-order valence-corrected chi connectivity index (χ3v) is 16.9. The Balaban J connectivity index is 0. The Hall–Kier alpha value is 1.07. The molecule has 70 heavy (non-hydrogen) atoms. The van der Waals surface area contributed by atoms with Gasteiger partial charge < -0.3 is 27.3 Å². The molecular formula is C28H17N3Na6O24S9. The standard InChI is InChI=1S/C28H23N3O24S9.6Na/c32-56(33,29-16-5-21(59(38,39)40)11-22(6-16)60(41,42)43)19-1-2-27-15(3-19)4-20(57(34,35)30-17-7-23(61(44,45)46)12-24(8-17)62(47,48)49)14-28(27)58(36,37)31-18-9-25(63(50,51)52)13-26(10-18)64(53,54)55;;;;;;/h1-14,29-31H,(H,38,39,40)(H,41,42,43)(H,44,45,46)(H,47,48,49)(H,50,51,52)(H,53,54,55);;;;;;/q;6*+1/p-6. The molecule has 5 rings (SSSR count). The van der Waals surface area contributed by atoms with Crippen molar-refractivity contribution in [2.24, 2.45) is 0 Å². The number of rotatable bonds is 15. The summed E-state index contributed by atoms with van der Waals surface area (Å²) in [6, 6.07) is 4.13. The Bertz CT molecular complexity index is 3770. The van der Waals surface area contributed by atoms with E-state index in [1.165, 1.54) is 0 Å². The first kappa shape index (κ1) is 73.1. The van der Waals surface area contributed by atoms with Gasteiger partial charge in [-0.1, -0.05) is 6.07 Å². The van der Waals surface area contributed by atoms with Gasteiger partial charge in [0.25, 0.3) is 30.1 Å². The summed E-state index contributed by atoms with van der Waals surface area (Å²) in [5, 5.41) is -1.48. The molecule has 0 fully saturated rings. The van der Waals surface area contributed by atoms with Gasteiger partial charge in [-0.3, -0.25) is 14.2 Å². The topological polar surface area (TPSA) is 482 Å². The van der Waals surface area contributed by atoms with E-state index in [0.717, 1.165) is 0 Å². The Morgan fingerprint density at radius 1 is 0.271 bits per heavy atom. The van der Waals surface area contributed by atoms with E-state index in [9.17, 15) is 103 Å². The summed E-state index contributed by atoms with van der Waals surface area (Å²) in [7, 11) is -50.0. The third-order valence-electron chi connectivity index (χ3n) is 7.90. The van der Waals surface area contributed by atoms with Gasteiger partial charge in [0.05, 0.1) is 61.1 Å². The Morgan fingerprint density at radius 2 is 0.514 bits per heavy atom. The maximum absolute atomic E-state index is 14.0. The minimum absolute atomic E-state index is 0. The average molecular weight is 1210 g/mol. The van der Waals surface area contributed by atoms with Crippen LogP contribution in [0.4, 0.5) is 17.1 Å². The fraction of sp³-hybridized carbons (Fsp3) is 0. The quantitative estimate of drug-likeness (QED) is 0.0647. The Morgan fingerprint density at radius 3 is 0.786 bits per heavy atom. The number of fused-ring (bicyclic) bond motifs is 1. The van der Waals surface area contributed by atoms with Crippen LogP contribution in [0.5, 0.6) is 0 Å². The zero-order valence-corrected chi connectivity index (χ0v) is 55.4. The molecular weight excluding hydrogens is 1190 g/mol. The second kappa shape index (κ2) is 25.7. The van der Waals surface area contributed by atoms with Gasteiger partial charge >= 0.3 is 177 Å². The van der Waals surface area contributed by atoms with Crippen molar-refractivity contribution < 1.29 is 280 Å². The molecule has 0 aliphatic heterocycles. The fourth-order valence-corrected chi connectivity index (χ4v) is 12.3. The van der Waals surface area contributed by atoms with Crippen LogP contribution in [-0.4, -0.2) is 103 Å². The molecule has 0 radical (unpaired) electrons. The van der Waals surface area contributed by atoms with Crippen LogP contribution >= 0.6 is 0 Å². The van der Waals surface area contributed by atoms with Gasteiger partial charge in [0.1, 0.15) is 60.7 Å². The van der Waals surface area contributed by atoms with Crippen molar-refractivity contribution in [3.63, 3.8) is 0 Å². The molecule has 0 saturated carbocycles. The van der Waals surface area contributed by atoms with Crippen molar-refractivity contribution in [1.82, 2.24) is 0 Å². The number of hydrogen-bond donors (Lipinski definition) is 3. The zero-order chi connectivity index (χ0) is 48.6. The number of sulfonamides is 3. The van der Waals surface area contributed by atoms with Gasteiger partial charge in [-0.15, -0.1) is 0 Å². The number of nitrogens with one attached hydrogen (secondary N) is 3. The average Bonchev–Trinajstić information content (AvgIpc) is 3.11. The van der Waals surface area contributed by atoms with Crippen LogP contribution < -0.4 is 192 Å². The van der Waals surface area contributed by atoms with E-state index in [1.54, 1.807) is 14.2 Å². The molecule has 5 aromatic carbocycles. The minimum atomic E-state index is -5.65. The van der Waals surface area contributed by atoms with E-state index < -0.39 is 163 Å². The van der Waals surface area contributed by atoms with Crippen molar-refractivity contribution >= 4 is 119 Å². The summed E-state index contributed by atoms with van der Waals surface area (Å²) in [4.78, 5) is -12.3. The molecule has 27 nitrogen and oxygen atoms in total. The van der Waals surface area contributed by atoms with Crippen molar-refractivity contribution in [2.45, 2.75) is 44.1 Å². The van der Waals surface area contributed by atoms with Gasteiger partial charge in [-0.05, 0) is 84.2 Å². The summed E-state index contributed by atoms with van der Waals surface area (Å²) in [5.41, 5.74) is -3.32. The summed E-state index contributed by atoms with van der Waals surface area (Å²) in [6.45, 7) is 0. The van der Waals surface area contributed by atoms with E-state index in [1.807, 2.05) is 0 Å². The van der Waals surface area contributed by atoms with Crippen molar-refractivity contribution in [2.75, 3.05) is 14.2 Å². The molecule has 0 atom stereocenters. The third kappa shape index (κ3) is 18.6. The molecule has 0 bridgehead atoms. The summed E-state index contributed by atoms with van der Waals surface area (Å²) in [6.07, 6.45) is 0. The molecule has 0 saturated heterocycles. The second-order valence-electron chi connectivity index (χ2n) is 12.4. The molecule has 0 amide bonds. The van der Waals surface area contributed by atoms with Crippen molar-refractivity contribution in [3.8, 4) is 0 Å². The van der Waals surface area contributed by atoms with E-state index >= 15 is 0 Å². The second-order valence-corrected chi connectivity index (χ2v) is 25.7. The van der Waals surface area contributed by atoms with Crippen LogP contribution in [0.15, 0.2) is 129 Å². The first-order valence-corrected chi connectivity index (χ1v) is 28.4. The molecule has 0 aromatic heterocycles. The molecule has 348 valence electrons. The largest absolute Gasteiger partial charge is 1.00 e. The van der Waals surface area contributed by atoms with Gasteiger partial charge in [-0.25, -0.2) is 75.8 Å². The predicted octanol–water partition coefficient (Wildman–Crippen LogP) is -19.3. The monoisotopic (exact) mass is 1200 g/mol. The summed E-state index contributed by atoms with van der Waals surface area (Å²) < 4.78 is 298. The molecule has 0 heterocycles. The molecule has 0 unspecified atom stereocenters. The SMILES string of the molecule is O=S(=O)([O-])c1cc(NS(=O)(=O)c2ccc3c(S(=O)(=O)Nc4cc(S(=O)(=O)[O-])cc(S(=O)(=O)[O-])c4)cc(S(=O)(=O)Nc4cc(S(=O)(=O)[O-])cc(S(=O)(=O)[O-])c4)cc3c2)cc(S(=O)(=O)[O-])c1.[Na+].[Na+].[Na+].[Na+].[Na+].[Na+]. The number of benzene rings is 5. The van der Waals surface area contributed by atoms with Crippen LogP contribution in [0, 0.1) is 0 Å². The van der Waals surface area contributed by atoms with Crippen LogP contribution in [0.2, 0.25) is 0 Å². The van der Waals surface area contributed by atoms with E-state index in [4.69, 9.17) is 0 Å². The number of hydrogen-bond acceptors (Lipinski definition) is 24. The predicted molar refractivity (Wildman–Crippen MR) is 203 cm³/mol. The number of anilines is 3. The van der Waals surface area contributed by atoms with Crippen LogP contribution in [0.1, 0.15) is 0 Å². The minimum Gasteiger partial charge on any atom is -0.744 e. The maximum atomic E-state index is 14.0. The first-order valence-electron chi connectivity index (χ1n) is 15.5. The van der Waals surface area contributed by atoms with E-state index in [-0.39, 0.29) is 238 Å². The van der Waals surface area contributed by atoms with E-state index in [2.05, 4.69) is 0 Å². The van der Waals surface area contributed by atoms with Crippen LogP contribution in [-0.2, 0) is 90.8 Å². The first-order chi connectivity index (χ1) is 28.7. The Kier molecular flexibility index (Phi) is 26.8. The summed E-state index contributed by atoms with van der Waals surface area (Å²) in [5.74, 6) is 0. The normalized spacial score (nSPS) is 12.5. The van der Waals surface area contributed by atoms with Crippen LogP contribution in [0.3, 0.4) is 0 Å². The van der Waals surface area contributed by atoms with E-state index in [0.29, 0.717) is 24.3 Å². The molecule has 42 heteroatoms. The zero-order valence-electron chi connectivity index (χ0n) is 36.1. The van der Waals surface area contributed by atoms with Crippen LogP contribution in [0.25, 0.3) is 10.8 Å². The smallest absolute Gasteiger partial charge is 0.744 e. The molecule has 5 aromatic rings.